The third-order valence-corrected chi connectivity index (χ3v) is 8.24. The van der Waals surface area contributed by atoms with Crippen molar-refractivity contribution in [1.82, 2.24) is 0 Å². The van der Waals surface area contributed by atoms with Gasteiger partial charge in [-0.15, -0.1) is 0 Å². The molecule has 0 aromatic heterocycles. The van der Waals surface area contributed by atoms with E-state index in [1.54, 1.807) is 0 Å². The first-order valence-electron chi connectivity index (χ1n) is 13.9. The van der Waals surface area contributed by atoms with Crippen molar-refractivity contribution in [2.24, 2.45) is 0 Å². The third kappa shape index (κ3) is 3.61. The molecule has 7 aromatic rings. The predicted octanol–water partition coefficient (Wildman–Crippen LogP) is 11.2. The van der Waals surface area contributed by atoms with Crippen molar-refractivity contribution in [2.45, 2.75) is 0 Å². The first kappa shape index (κ1) is 22.8. The molecular formula is C40H26. The van der Waals surface area contributed by atoms with Crippen molar-refractivity contribution in [3.63, 3.8) is 0 Å². The van der Waals surface area contributed by atoms with Gasteiger partial charge in [0.1, 0.15) is 0 Å². The highest BCUT2D eigenvalue weighted by Crippen LogP contribution is 2.49. The maximum absolute atomic E-state index is 2.35. The Labute approximate surface area is 234 Å². The van der Waals surface area contributed by atoms with Crippen LogP contribution in [0.5, 0.6) is 0 Å². The number of rotatable bonds is 4. The summed E-state index contributed by atoms with van der Waals surface area (Å²) >= 11 is 0. The zero-order chi connectivity index (χ0) is 26.5. The second kappa shape index (κ2) is 9.22. The molecule has 0 fully saturated rings. The van der Waals surface area contributed by atoms with Gasteiger partial charge in [-0.2, -0.15) is 0 Å². The first-order valence-corrected chi connectivity index (χ1v) is 13.9. The lowest BCUT2D eigenvalue weighted by Crippen LogP contribution is -1.88. The topological polar surface area (TPSA) is 0 Å². The van der Waals surface area contributed by atoms with Crippen LogP contribution in [0, 0.1) is 0 Å². The van der Waals surface area contributed by atoms with Crippen molar-refractivity contribution in [1.29, 1.82) is 0 Å². The average Bonchev–Trinajstić information content (AvgIpc) is 3.37. The Bertz CT molecular complexity index is 2020. The summed E-state index contributed by atoms with van der Waals surface area (Å²) in [6.07, 6.45) is 0. The average molecular weight is 507 g/mol. The molecule has 0 aliphatic heterocycles. The van der Waals surface area contributed by atoms with Crippen LogP contribution in [0.2, 0.25) is 0 Å². The molecule has 0 saturated heterocycles. The van der Waals surface area contributed by atoms with Crippen LogP contribution in [0.1, 0.15) is 0 Å². The fourth-order valence-corrected chi connectivity index (χ4v) is 6.40. The van der Waals surface area contributed by atoms with E-state index in [0.717, 1.165) is 0 Å². The predicted molar refractivity (Wildman–Crippen MR) is 170 cm³/mol. The van der Waals surface area contributed by atoms with Crippen LogP contribution >= 0.6 is 0 Å². The standard InChI is InChI=1S/C40H26/c1-2-11-27(12-3-1)28-13-8-14-29(25-28)32-17-4-5-18-33(32)30-15-9-16-31(26-30)34-23-24-39-36-20-7-6-19-35(36)38-22-10-21-37(34)40(38)39/h1-26H. The van der Waals surface area contributed by atoms with Crippen LogP contribution in [0.3, 0.4) is 0 Å². The minimum absolute atomic E-state index is 1.23. The lowest BCUT2D eigenvalue weighted by atomic mass is 9.90. The summed E-state index contributed by atoms with van der Waals surface area (Å²) in [4.78, 5) is 0. The van der Waals surface area contributed by atoms with Gasteiger partial charge >= 0.3 is 0 Å². The molecule has 0 heteroatoms. The molecule has 0 unspecified atom stereocenters. The fraction of sp³-hybridized carbons (Fsp3) is 0. The summed E-state index contributed by atoms with van der Waals surface area (Å²) in [5, 5.41) is 2.68. The minimum Gasteiger partial charge on any atom is -0.0622 e. The van der Waals surface area contributed by atoms with Gasteiger partial charge < -0.3 is 0 Å². The van der Waals surface area contributed by atoms with Gasteiger partial charge in [0.05, 0.1) is 0 Å². The normalized spacial score (nSPS) is 11.5. The summed E-state index contributed by atoms with van der Waals surface area (Å²) in [5.74, 6) is 0. The zero-order valence-corrected chi connectivity index (χ0v) is 22.0. The maximum Gasteiger partial charge on any atom is -0.00201 e. The summed E-state index contributed by atoms with van der Waals surface area (Å²) in [5.41, 5.74) is 15.3. The molecular weight excluding hydrogens is 480 g/mol. The van der Waals surface area contributed by atoms with Gasteiger partial charge in [-0.3, -0.25) is 0 Å². The van der Waals surface area contributed by atoms with Gasteiger partial charge in [0, 0.05) is 0 Å². The molecule has 8 rings (SSSR count). The van der Waals surface area contributed by atoms with Gasteiger partial charge in [0.15, 0.2) is 0 Å². The number of hydrogen-bond donors (Lipinski definition) is 0. The Hall–Kier alpha value is -5.20. The van der Waals surface area contributed by atoms with E-state index in [4.69, 9.17) is 0 Å². The third-order valence-electron chi connectivity index (χ3n) is 8.24. The van der Waals surface area contributed by atoms with E-state index in [0.29, 0.717) is 0 Å². The molecule has 0 atom stereocenters. The van der Waals surface area contributed by atoms with Crippen LogP contribution in [-0.4, -0.2) is 0 Å². The molecule has 0 nitrogen and oxygen atoms in total. The second-order valence-electron chi connectivity index (χ2n) is 10.5. The molecule has 0 amide bonds. The van der Waals surface area contributed by atoms with Gasteiger partial charge in [-0.25, -0.2) is 0 Å². The van der Waals surface area contributed by atoms with Crippen LogP contribution in [0.15, 0.2) is 158 Å². The second-order valence-corrected chi connectivity index (χ2v) is 10.5. The Kier molecular flexibility index (Phi) is 5.24. The van der Waals surface area contributed by atoms with Gasteiger partial charge in [-0.05, 0) is 89.7 Å². The quantitative estimate of drug-likeness (QED) is 0.223. The van der Waals surface area contributed by atoms with Crippen molar-refractivity contribution in [3.05, 3.63) is 158 Å². The molecule has 0 N–H and O–H groups in total. The van der Waals surface area contributed by atoms with E-state index in [1.807, 2.05) is 0 Å². The van der Waals surface area contributed by atoms with Gasteiger partial charge in [0.2, 0.25) is 0 Å². The number of hydrogen-bond acceptors (Lipinski definition) is 0. The molecule has 1 aliphatic carbocycles. The fourth-order valence-electron chi connectivity index (χ4n) is 6.40. The van der Waals surface area contributed by atoms with E-state index < -0.39 is 0 Å². The Morgan fingerprint density at radius 1 is 0.225 bits per heavy atom. The zero-order valence-electron chi connectivity index (χ0n) is 22.0. The van der Waals surface area contributed by atoms with Crippen LogP contribution < -0.4 is 0 Å². The van der Waals surface area contributed by atoms with Crippen molar-refractivity contribution < 1.29 is 0 Å². The van der Waals surface area contributed by atoms with Crippen LogP contribution in [-0.2, 0) is 0 Å². The molecule has 186 valence electrons. The van der Waals surface area contributed by atoms with E-state index in [2.05, 4.69) is 158 Å². The number of fused-ring (bicyclic) bond motifs is 3. The molecule has 0 heterocycles. The lowest BCUT2D eigenvalue weighted by Gasteiger charge is -2.14. The lowest BCUT2D eigenvalue weighted by molar-refractivity contribution is 1.56. The van der Waals surface area contributed by atoms with Crippen LogP contribution in [0.25, 0.3) is 77.5 Å². The highest BCUT2D eigenvalue weighted by Gasteiger charge is 2.22. The Balaban J connectivity index is 1.25. The van der Waals surface area contributed by atoms with E-state index in [9.17, 15) is 0 Å². The smallest absolute Gasteiger partial charge is 0.00201 e. The Morgan fingerprint density at radius 3 is 1.32 bits per heavy atom. The van der Waals surface area contributed by atoms with Gasteiger partial charge in [-0.1, -0.05) is 146 Å². The first-order chi connectivity index (χ1) is 19.8. The molecule has 0 spiro atoms. The molecule has 0 bridgehead atoms. The van der Waals surface area contributed by atoms with E-state index in [-0.39, 0.29) is 0 Å². The highest BCUT2D eigenvalue weighted by molar-refractivity contribution is 6.18. The van der Waals surface area contributed by atoms with Crippen molar-refractivity contribution in [3.8, 4) is 66.8 Å². The minimum atomic E-state index is 1.23. The van der Waals surface area contributed by atoms with Crippen molar-refractivity contribution in [2.75, 3.05) is 0 Å². The summed E-state index contributed by atoms with van der Waals surface area (Å²) in [6.45, 7) is 0. The summed E-state index contributed by atoms with van der Waals surface area (Å²) in [6, 6.07) is 57.4. The highest BCUT2D eigenvalue weighted by atomic mass is 14.2. The molecule has 40 heavy (non-hydrogen) atoms. The monoisotopic (exact) mass is 506 g/mol. The largest absolute Gasteiger partial charge is 0.0622 e. The van der Waals surface area contributed by atoms with Gasteiger partial charge in [0.25, 0.3) is 0 Å². The summed E-state index contributed by atoms with van der Waals surface area (Å²) in [7, 11) is 0. The van der Waals surface area contributed by atoms with Crippen LogP contribution in [0.4, 0.5) is 0 Å². The molecule has 0 radical (unpaired) electrons. The van der Waals surface area contributed by atoms with E-state index >= 15 is 0 Å². The molecule has 0 saturated carbocycles. The van der Waals surface area contributed by atoms with E-state index in [1.165, 1.54) is 77.5 Å². The Morgan fingerprint density at radius 2 is 0.650 bits per heavy atom. The molecule has 7 aromatic carbocycles. The number of benzene rings is 7. The molecule has 1 aliphatic rings. The SMILES string of the molecule is c1ccc(-c2cccc(-c3ccccc3-c3cccc(-c4ccc5c6c(cccc46)-c4ccccc4-5)c3)c2)cc1. The van der Waals surface area contributed by atoms with Crippen molar-refractivity contribution >= 4 is 10.8 Å². The maximum atomic E-state index is 2.35. The summed E-state index contributed by atoms with van der Waals surface area (Å²) < 4.78 is 0.